The van der Waals surface area contributed by atoms with Gasteiger partial charge in [-0.3, -0.25) is 19.8 Å². The van der Waals surface area contributed by atoms with Crippen molar-refractivity contribution in [3.63, 3.8) is 0 Å². The molecular weight excluding hydrogens is 404 g/mol. The number of nitrogens with zero attached hydrogens (tertiary/aromatic N) is 3. The van der Waals surface area contributed by atoms with E-state index in [-0.39, 0.29) is 16.2 Å². The molecule has 0 radical (unpaired) electrons. The maximum absolute atomic E-state index is 12.7. The fourth-order valence-corrected chi connectivity index (χ4v) is 3.92. The molecule has 0 saturated carbocycles. The molecule has 2 heterocycles. The Morgan fingerprint density at radius 1 is 1.23 bits per heavy atom. The lowest BCUT2D eigenvalue weighted by Crippen LogP contribution is -2.35. The molecule has 0 spiro atoms. The molecule has 0 atom stereocenters. The van der Waals surface area contributed by atoms with Crippen LogP contribution in [0.5, 0.6) is 0 Å². The molecule has 7 nitrogen and oxygen atoms in total. The van der Waals surface area contributed by atoms with Crippen LogP contribution in [0.2, 0.25) is 5.02 Å². The number of halogens is 1. The summed E-state index contributed by atoms with van der Waals surface area (Å²) in [6.07, 6.45) is 1.26. The highest BCUT2D eigenvalue weighted by molar-refractivity contribution is 6.30. The zero-order valence-electron chi connectivity index (χ0n) is 16.5. The molecule has 1 aliphatic rings. The number of rotatable bonds is 5. The van der Waals surface area contributed by atoms with Gasteiger partial charge in [-0.2, -0.15) is 0 Å². The minimum atomic E-state index is -0.333. The molecular formula is C22H21ClN4O3. The van der Waals surface area contributed by atoms with Crippen LogP contribution in [-0.4, -0.2) is 26.3 Å². The Labute approximate surface area is 178 Å². The second-order valence-corrected chi connectivity index (χ2v) is 7.82. The van der Waals surface area contributed by atoms with Gasteiger partial charge in [-0.05, 0) is 36.2 Å². The van der Waals surface area contributed by atoms with E-state index in [9.17, 15) is 14.9 Å². The zero-order chi connectivity index (χ0) is 21.3. The summed E-state index contributed by atoms with van der Waals surface area (Å²) in [5.41, 5.74) is 3.85. The van der Waals surface area contributed by atoms with Crippen molar-refractivity contribution >= 4 is 17.3 Å². The van der Waals surface area contributed by atoms with Gasteiger partial charge in [0.05, 0.1) is 16.2 Å². The molecule has 0 saturated heterocycles. The van der Waals surface area contributed by atoms with E-state index < -0.39 is 0 Å². The second-order valence-electron chi connectivity index (χ2n) is 7.38. The standard InChI is InChI=1S/C22H21ClN4O3/c1-2-15-4-3-14(11-20(15)27(29)30)12-26-10-9-19-18(13-26)22(28)25-21(24-19)16-5-7-17(23)8-6-16/h3-8,11H,2,9-10,12-13H2,1H3,(H,24,25,28). The highest BCUT2D eigenvalue weighted by Crippen LogP contribution is 2.24. The van der Waals surface area contributed by atoms with Gasteiger partial charge in [0.1, 0.15) is 5.82 Å². The number of benzene rings is 2. The van der Waals surface area contributed by atoms with E-state index in [1.807, 2.05) is 31.2 Å². The Balaban J connectivity index is 1.56. The van der Waals surface area contributed by atoms with Gasteiger partial charge in [-0.15, -0.1) is 0 Å². The summed E-state index contributed by atoms with van der Waals surface area (Å²) in [7, 11) is 0. The van der Waals surface area contributed by atoms with E-state index in [1.54, 1.807) is 18.2 Å². The molecule has 8 heteroatoms. The molecule has 0 unspecified atom stereocenters. The molecule has 4 rings (SSSR count). The molecule has 0 bridgehead atoms. The van der Waals surface area contributed by atoms with Gasteiger partial charge in [0.2, 0.25) is 0 Å². The van der Waals surface area contributed by atoms with Crippen LogP contribution in [0.4, 0.5) is 5.69 Å². The SMILES string of the molecule is CCc1ccc(CN2CCc3nc(-c4ccc(Cl)cc4)[nH]c(=O)c3C2)cc1[N+](=O)[O-]. The third kappa shape index (κ3) is 4.13. The molecule has 1 aromatic heterocycles. The summed E-state index contributed by atoms with van der Waals surface area (Å²) < 4.78 is 0. The number of aromatic nitrogens is 2. The maximum Gasteiger partial charge on any atom is 0.272 e. The lowest BCUT2D eigenvalue weighted by Gasteiger charge is -2.27. The fraction of sp³-hybridized carbons (Fsp3) is 0.273. The number of H-pyrrole nitrogens is 1. The number of fused-ring (bicyclic) bond motifs is 1. The van der Waals surface area contributed by atoms with Crippen LogP contribution in [-0.2, 0) is 25.9 Å². The summed E-state index contributed by atoms with van der Waals surface area (Å²) in [5, 5.41) is 12.0. The minimum absolute atomic E-state index is 0.151. The predicted octanol–water partition coefficient (Wildman–Crippen LogP) is 4.12. The van der Waals surface area contributed by atoms with Crippen LogP contribution in [0.15, 0.2) is 47.3 Å². The number of nitro benzene ring substituents is 1. The van der Waals surface area contributed by atoms with Crippen molar-refractivity contribution in [2.45, 2.75) is 32.9 Å². The number of nitro groups is 1. The predicted molar refractivity (Wildman–Crippen MR) is 116 cm³/mol. The Morgan fingerprint density at radius 2 is 2.00 bits per heavy atom. The third-order valence-electron chi connectivity index (χ3n) is 5.40. The molecule has 0 amide bonds. The molecule has 0 fully saturated rings. The smallest absolute Gasteiger partial charge is 0.272 e. The molecule has 3 aromatic rings. The van der Waals surface area contributed by atoms with Crippen molar-refractivity contribution in [1.29, 1.82) is 0 Å². The van der Waals surface area contributed by atoms with Crippen molar-refractivity contribution in [1.82, 2.24) is 14.9 Å². The van der Waals surface area contributed by atoms with E-state index in [0.29, 0.717) is 42.3 Å². The maximum atomic E-state index is 12.7. The third-order valence-corrected chi connectivity index (χ3v) is 5.65. The average molecular weight is 425 g/mol. The van der Waals surface area contributed by atoms with Crippen LogP contribution >= 0.6 is 11.6 Å². The molecule has 2 aromatic carbocycles. The van der Waals surface area contributed by atoms with Gasteiger partial charge < -0.3 is 4.98 Å². The van der Waals surface area contributed by atoms with Gasteiger partial charge in [0.15, 0.2) is 0 Å². The largest absolute Gasteiger partial charge is 0.306 e. The fourth-order valence-electron chi connectivity index (χ4n) is 3.80. The van der Waals surface area contributed by atoms with Gasteiger partial charge in [-0.25, -0.2) is 4.98 Å². The summed E-state index contributed by atoms with van der Waals surface area (Å²) in [6.45, 7) is 3.64. The highest BCUT2D eigenvalue weighted by Gasteiger charge is 2.22. The number of hydrogen-bond donors (Lipinski definition) is 1. The Morgan fingerprint density at radius 3 is 2.70 bits per heavy atom. The monoisotopic (exact) mass is 424 g/mol. The Kier molecular flexibility index (Phi) is 5.65. The number of hydrogen-bond acceptors (Lipinski definition) is 5. The first kappa shape index (κ1) is 20.3. The quantitative estimate of drug-likeness (QED) is 0.491. The summed E-state index contributed by atoms with van der Waals surface area (Å²) >= 11 is 5.94. The molecule has 1 aliphatic heterocycles. The van der Waals surface area contributed by atoms with E-state index in [4.69, 9.17) is 11.6 Å². The van der Waals surface area contributed by atoms with Crippen molar-refractivity contribution in [2.24, 2.45) is 0 Å². The Bertz CT molecular complexity index is 1160. The van der Waals surface area contributed by atoms with Crippen molar-refractivity contribution in [3.05, 3.63) is 90.3 Å². The van der Waals surface area contributed by atoms with Gasteiger partial charge in [0, 0.05) is 48.3 Å². The number of aryl methyl sites for hydroxylation is 1. The van der Waals surface area contributed by atoms with Crippen molar-refractivity contribution < 1.29 is 4.92 Å². The van der Waals surface area contributed by atoms with E-state index >= 15 is 0 Å². The van der Waals surface area contributed by atoms with Crippen LogP contribution < -0.4 is 5.56 Å². The van der Waals surface area contributed by atoms with Gasteiger partial charge >= 0.3 is 0 Å². The first-order valence-electron chi connectivity index (χ1n) is 9.81. The van der Waals surface area contributed by atoms with Crippen molar-refractivity contribution in [3.8, 4) is 11.4 Å². The highest BCUT2D eigenvalue weighted by atomic mass is 35.5. The normalized spacial score (nSPS) is 13.8. The van der Waals surface area contributed by atoms with Crippen LogP contribution in [0, 0.1) is 10.1 Å². The number of nitrogens with one attached hydrogen (secondary N) is 1. The number of aromatic amines is 1. The lowest BCUT2D eigenvalue weighted by molar-refractivity contribution is -0.385. The topological polar surface area (TPSA) is 92.1 Å². The Hall–Kier alpha value is -3.03. The van der Waals surface area contributed by atoms with Gasteiger partial charge in [0.25, 0.3) is 11.2 Å². The molecule has 1 N–H and O–H groups in total. The van der Waals surface area contributed by atoms with Gasteiger partial charge in [-0.1, -0.05) is 30.7 Å². The summed E-state index contributed by atoms with van der Waals surface area (Å²) in [5.74, 6) is 0.537. The molecule has 0 aliphatic carbocycles. The first-order valence-corrected chi connectivity index (χ1v) is 10.2. The summed E-state index contributed by atoms with van der Waals surface area (Å²) in [4.78, 5) is 33.4. The van der Waals surface area contributed by atoms with E-state index in [0.717, 1.165) is 28.9 Å². The summed E-state index contributed by atoms with van der Waals surface area (Å²) in [6, 6.07) is 12.6. The molecule has 154 valence electrons. The van der Waals surface area contributed by atoms with Crippen LogP contribution in [0.1, 0.15) is 29.3 Å². The second kappa shape index (κ2) is 8.38. The van der Waals surface area contributed by atoms with E-state index in [1.165, 1.54) is 0 Å². The van der Waals surface area contributed by atoms with Crippen molar-refractivity contribution in [2.75, 3.05) is 6.54 Å². The van der Waals surface area contributed by atoms with E-state index in [2.05, 4.69) is 14.9 Å². The average Bonchev–Trinajstić information content (AvgIpc) is 2.74. The molecule has 30 heavy (non-hydrogen) atoms. The lowest BCUT2D eigenvalue weighted by atomic mass is 10.0. The van der Waals surface area contributed by atoms with Crippen LogP contribution in [0.25, 0.3) is 11.4 Å². The van der Waals surface area contributed by atoms with Crippen LogP contribution in [0.3, 0.4) is 0 Å². The zero-order valence-corrected chi connectivity index (χ0v) is 17.3. The first-order chi connectivity index (χ1) is 14.4. The minimum Gasteiger partial charge on any atom is -0.306 e.